The molecular formula is C22H20N4O2. The van der Waals surface area contributed by atoms with Gasteiger partial charge in [0, 0.05) is 30.6 Å². The van der Waals surface area contributed by atoms with Crippen LogP contribution in [0.2, 0.25) is 0 Å². The fraction of sp³-hybridized carbons (Fsp3) is 0.227. The van der Waals surface area contributed by atoms with Crippen molar-refractivity contribution in [3.63, 3.8) is 0 Å². The van der Waals surface area contributed by atoms with E-state index in [0.29, 0.717) is 6.01 Å². The Bertz CT molecular complexity index is 1110. The molecule has 0 atom stereocenters. The first-order chi connectivity index (χ1) is 13.8. The molecule has 2 aromatic heterocycles. The van der Waals surface area contributed by atoms with Gasteiger partial charge in [0.1, 0.15) is 5.52 Å². The van der Waals surface area contributed by atoms with Crippen molar-refractivity contribution in [2.75, 3.05) is 23.3 Å². The van der Waals surface area contributed by atoms with E-state index in [9.17, 15) is 4.79 Å². The molecule has 0 radical (unpaired) electrons. The molecule has 1 saturated heterocycles. The molecule has 6 nitrogen and oxygen atoms in total. The molecule has 0 saturated carbocycles. The van der Waals surface area contributed by atoms with Gasteiger partial charge in [0.15, 0.2) is 5.58 Å². The second-order valence-corrected chi connectivity index (χ2v) is 7.10. The number of oxazole rings is 1. The number of hydrogen-bond acceptors (Lipinski definition) is 5. The third kappa shape index (κ3) is 3.07. The van der Waals surface area contributed by atoms with Crippen molar-refractivity contribution in [2.24, 2.45) is 5.92 Å². The monoisotopic (exact) mass is 372 g/mol. The van der Waals surface area contributed by atoms with Gasteiger partial charge in [0.2, 0.25) is 5.91 Å². The number of benzene rings is 2. The zero-order chi connectivity index (χ0) is 18.9. The third-order valence-electron chi connectivity index (χ3n) is 5.31. The SMILES string of the molecule is O=C(Nc1cccc2cccnc12)C1CCN(c2nc3ccccc3o2)CC1. The molecule has 2 aromatic carbocycles. The van der Waals surface area contributed by atoms with E-state index in [4.69, 9.17) is 4.42 Å². The highest BCUT2D eigenvalue weighted by molar-refractivity contribution is 6.01. The number of carbonyl (C=O) groups is 1. The van der Waals surface area contributed by atoms with Crippen LogP contribution in [-0.4, -0.2) is 29.0 Å². The zero-order valence-corrected chi connectivity index (χ0v) is 15.3. The summed E-state index contributed by atoms with van der Waals surface area (Å²) in [6, 6.07) is 18.1. The Morgan fingerprint density at radius 3 is 2.71 bits per heavy atom. The number of hydrogen-bond donors (Lipinski definition) is 1. The Kier molecular flexibility index (Phi) is 4.16. The van der Waals surface area contributed by atoms with Gasteiger partial charge in [-0.3, -0.25) is 9.78 Å². The van der Waals surface area contributed by atoms with Crippen LogP contribution in [0.25, 0.3) is 22.0 Å². The first kappa shape index (κ1) is 16.7. The number of anilines is 2. The van der Waals surface area contributed by atoms with Gasteiger partial charge in [-0.1, -0.05) is 30.3 Å². The Hall–Kier alpha value is -3.41. The van der Waals surface area contributed by atoms with Crippen LogP contribution in [0.1, 0.15) is 12.8 Å². The van der Waals surface area contributed by atoms with E-state index in [2.05, 4.69) is 20.2 Å². The third-order valence-corrected chi connectivity index (χ3v) is 5.31. The molecule has 3 heterocycles. The first-order valence-corrected chi connectivity index (χ1v) is 9.53. The fourth-order valence-corrected chi connectivity index (χ4v) is 3.77. The van der Waals surface area contributed by atoms with Gasteiger partial charge in [-0.15, -0.1) is 0 Å². The smallest absolute Gasteiger partial charge is 0.298 e. The van der Waals surface area contributed by atoms with Crippen LogP contribution in [0.5, 0.6) is 0 Å². The molecule has 5 rings (SSSR count). The number of carbonyl (C=O) groups excluding carboxylic acids is 1. The van der Waals surface area contributed by atoms with Gasteiger partial charge in [0.25, 0.3) is 6.01 Å². The van der Waals surface area contributed by atoms with Gasteiger partial charge < -0.3 is 14.6 Å². The van der Waals surface area contributed by atoms with Crippen LogP contribution >= 0.6 is 0 Å². The second-order valence-electron chi connectivity index (χ2n) is 7.10. The molecule has 1 fully saturated rings. The topological polar surface area (TPSA) is 71.3 Å². The van der Waals surface area contributed by atoms with E-state index < -0.39 is 0 Å². The molecule has 0 spiro atoms. The molecular weight excluding hydrogens is 352 g/mol. The minimum atomic E-state index is -0.0282. The van der Waals surface area contributed by atoms with Gasteiger partial charge in [-0.25, -0.2) is 0 Å². The van der Waals surface area contributed by atoms with Crippen molar-refractivity contribution >= 4 is 39.6 Å². The maximum Gasteiger partial charge on any atom is 0.298 e. The summed E-state index contributed by atoms with van der Waals surface area (Å²) < 4.78 is 5.85. The van der Waals surface area contributed by atoms with Gasteiger partial charge in [-0.2, -0.15) is 4.98 Å². The zero-order valence-electron chi connectivity index (χ0n) is 15.3. The highest BCUT2D eigenvalue weighted by atomic mass is 16.4. The van der Waals surface area contributed by atoms with Crippen LogP contribution in [0.15, 0.2) is 65.2 Å². The quantitative estimate of drug-likeness (QED) is 0.583. The van der Waals surface area contributed by atoms with Crippen molar-refractivity contribution in [3.8, 4) is 0 Å². The average Bonchev–Trinajstić information content (AvgIpc) is 3.18. The number of pyridine rings is 1. The Morgan fingerprint density at radius 2 is 1.86 bits per heavy atom. The lowest BCUT2D eigenvalue weighted by molar-refractivity contribution is -0.120. The van der Waals surface area contributed by atoms with Gasteiger partial charge >= 0.3 is 0 Å². The summed E-state index contributed by atoms with van der Waals surface area (Å²) in [6.07, 6.45) is 3.28. The molecule has 4 aromatic rings. The maximum absolute atomic E-state index is 12.8. The largest absolute Gasteiger partial charge is 0.423 e. The van der Waals surface area contributed by atoms with Crippen molar-refractivity contribution in [1.82, 2.24) is 9.97 Å². The number of amides is 1. The van der Waals surface area contributed by atoms with E-state index in [0.717, 1.165) is 53.6 Å². The molecule has 6 heteroatoms. The number of nitrogens with zero attached hydrogens (tertiary/aromatic N) is 3. The number of nitrogens with one attached hydrogen (secondary N) is 1. The molecule has 1 N–H and O–H groups in total. The van der Waals surface area contributed by atoms with Crippen LogP contribution in [0.3, 0.4) is 0 Å². The van der Waals surface area contributed by atoms with Crippen molar-refractivity contribution in [3.05, 3.63) is 60.8 Å². The summed E-state index contributed by atoms with van der Waals surface area (Å²) >= 11 is 0. The Morgan fingerprint density at radius 1 is 1.04 bits per heavy atom. The van der Waals surface area contributed by atoms with Crippen LogP contribution in [0, 0.1) is 5.92 Å². The molecule has 0 aliphatic carbocycles. The number of para-hydroxylation sites is 3. The highest BCUT2D eigenvalue weighted by Gasteiger charge is 2.27. The minimum absolute atomic E-state index is 0.0282. The van der Waals surface area contributed by atoms with Crippen molar-refractivity contribution in [1.29, 1.82) is 0 Å². The summed E-state index contributed by atoms with van der Waals surface area (Å²) in [5, 5.41) is 4.09. The highest BCUT2D eigenvalue weighted by Crippen LogP contribution is 2.28. The molecule has 1 aliphatic heterocycles. The molecule has 28 heavy (non-hydrogen) atoms. The number of piperidine rings is 1. The lowest BCUT2D eigenvalue weighted by Gasteiger charge is -2.30. The average molecular weight is 372 g/mol. The van der Waals surface area contributed by atoms with E-state index >= 15 is 0 Å². The summed E-state index contributed by atoms with van der Waals surface area (Å²) in [7, 11) is 0. The Labute approximate surface area is 162 Å². The number of rotatable bonds is 3. The molecule has 0 bridgehead atoms. The van der Waals surface area contributed by atoms with Gasteiger partial charge in [0.05, 0.1) is 11.2 Å². The lowest BCUT2D eigenvalue weighted by atomic mass is 9.96. The van der Waals surface area contributed by atoms with E-state index in [1.54, 1.807) is 6.20 Å². The van der Waals surface area contributed by atoms with Crippen LogP contribution in [0.4, 0.5) is 11.7 Å². The predicted molar refractivity (Wildman–Crippen MR) is 109 cm³/mol. The van der Waals surface area contributed by atoms with Crippen LogP contribution in [-0.2, 0) is 4.79 Å². The standard InChI is InChI=1S/C22H20N4O2/c27-21(24-18-8-3-5-15-6-4-12-23-20(15)18)16-10-13-26(14-11-16)22-25-17-7-1-2-9-19(17)28-22/h1-9,12,16H,10-11,13-14H2,(H,24,27). The fourth-order valence-electron chi connectivity index (χ4n) is 3.77. The molecule has 1 amide bonds. The summed E-state index contributed by atoms with van der Waals surface area (Å²) in [5.41, 5.74) is 3.24. The van der Waals surface area contributed by atoms with E-state index in [1.807, 2.05) is 54.6 Å². The van der Waals surface area contributed by atoms with E-state index in [1.165, 1.54) is 0 Å². The summed E-state index contributed by atoms with van der Waals surface area (Å²) in [6.45, 7) is 1.50. The lowest BCUT2D eigenvalue weighted by Crippen LogP contribution is -2.38. The van der Waals surface area contributed by atoms with Gasteiger partial charge in [-0.05, 0) is 37.1 Å². The predicted octanol–water partition coefficient (Wildman–Crippen LogP) is 4.23. The molecule has 1 aliphatic rings. The first-order valence-electron chi connectivity index (χ1n) is 9.53. The normalized spacial score (nSPS) is 15.2. The summed E-state index contributed by atoms with van der Waals surface area (Å²) in [5.74, 6) is 0.0231. The number of aromatic nitrogens is 2. The van der Waals surface area contributed by atoms with Crippen molar-refractivity contribution < 1.29 is 9.21 Å². The maximum atomic E-state index is 12.8. The molecule has 0 unspecified atom stereocenters. The minimum Gasteiger partial charge on any atom is -0.423 e. The van der Waals surface area contributed by atoms with Crippen LogP contribution < -0.4 is 10.2 Å². The second kappa shape index (κ2) is 6.96. The summed E-state index contributed by atoms with van der Waals surface area (Å²) in [4.78, 5) is 23.9. The van der Waals surface area contributed by atoms with E-state index in [-0.39, 0.29) is 11.8 Å². The number of fused-ring (bicyclic) bond motifs is 2. The Balaban J connectivity index is 1.26. The molecule has 140 valence electrons. The van der Waals surface area contributed by atoms with Crippen molar-refractivity contribution in [2.45, 2.75) is 12.8 Å².